The van der Waals surface area contributed by atoms with Gasteiger partial charge in [0.25, 0.3) is 0 Å². The van der Waals surface area contributed by atoms with E-state index in [2.05, 4.69) is 51.1 Å². The topological polar surface area (TPSA) is 0 Å². The summed E-state index contributed by atoms with van der Waals surface area (Å²) in [6.45, 7) is 7.22. The molecule has 0 aliphatic heterocycles. The van der Waals surface area contributed by atoms with Gasteiger partial charge < -0.3 is 0 Å². The van der Waals surface area contributed by atoms with Crippen molar-refractivity contribution in [3.63, 3.8) is 0 Å². The predicted molar refractivity (Wildman–Crippen MR) is 73.9 cm³/mol. The van der Waals surface area contributed by atoms with Crippen LogP contribution in [0.15, 0.2) is 29.8 Å². The van der Waals surface area contributed by atoms with E-state index in [1.807, 2.05) is 0 Å². The number of allylic oxidation sites excluding steroid dienone is 1. The first-order valence-electron chi connectivity index (χ1n) is 6.95. The Labute approximate surface area is 105 Å². The van der Waals surface area contributed by atoms with Crippen LogP contribution >= 0.6 is 0 Å². The second-order valence-corrected chi connectivity index (χ2v) is 6.10. The van der Waals surface area contributed by atoms with Crippen LogP contribution in [0.4, 0.5) is 0 Å². The summed E-state index contributed by atoms with van der Waals surface area (Å²) in [6, 6.07) is 8.96. The van der Waals surface area contributed by atoms with Crippen LogP contribution in [0.1, 0.15) is 50.7 Å². The quantitative estimate of drug-likeness (QED) is 0.641. The van der Waals surface area contributed by atoms with Crippen molar-refractivity contribution in [1.29, 1.82) is 0 Å². The number of rotatable bonds is 1. The number of hydrogen-bond acceptors (Lipinski definition) is 0. The van der Waals surface area contributed by atoms with Crippen LogP contribution in [-0.4, -0.2) is 0 Å². The average Bonchev–Trinajstić information content (AvgIpc) is 2.79. The van der Waals surface area contributed by atoms with Gasteiger partial charge in [-0.2, -0.15) is 0 Å². The summed E-state index contributed by atoms with van der Waals surface area (Å²) < 4.78 is 0. The normalized spacial score (nSPS) is 35.8. The minimum Gasteiger partial charge on any atom is -0.0649 e. The van der Waals surface area contributed by atoms with Crippen molar-refractivity contribution in [2.45, 2.75) is 39.5 Å². The van der Waals surface area contributed by atoms with Gasteiger partial charge in [0.05, 0.1) is 0 Å². The number of hydrogen-bond donors (Lipinski definition) is 0. The molecule has 0 N–H and O–H groups in total. The van der Waals surface area contributed by atoms with Crippen molar-refractivity contribution in [2.75, 3.05) is 0 Å². The summed E-state index contributed by atoms with van der Waals surface area (Å²) in [4.78, 5) is 0. The van der Waals surface area contributed by atoms with Gasteiger partial charge >= 0.3 is 0 Å². The van der Waals surface area contributed by atoms with E-state index < -0.39 is 0 Å². The molecule has 1 saturated carbocycles. The monoisotopic (exact) mass is 226 g/mol. The molecule has 2 aliphatic carbocycles. The molecule has 0 bridgehead atoms. The molecule has 0 amide bonds. The molecule has 1 aromatic carbocycles. The summed E-state index contributed by atoms with van der Waals surface area (Å²) in [7, 11) is 0. The second-order valence-electron chi connectivity index (χ2n) is 6.10. The minimum atomic E-state index is 0.693. The minimum absolute atomic E-state index is 0.693. The summed E-state index contributed by atoms with van der Waals surface area (Å²) in [5.74, 6) is 3.31. The first-order chi connectivity index (χ1) is 8.18. The zero-order valence-corrected chi connectivity index (χ0v) is 11.1. The summed E-state index contributed by atoms with van der Waals surface area (Å²) in [5, 5.41) is 0. The van der Waals surface area contributed by atoms with Gasteiger partial charge in [-0.25, -0.2) is 0 Å². The van der Waals surface area contributed by atoms with Crippen LogP contribution in [0.3, 0.4) is 0 Å². The second kappa shape index (κ2) is 4.01. The van der Waals surface area contributed by atoms with Crippen LogP contribution in [0.2, 0.25) is 0 Å². The largest absolute Gasteiger partial charge is 0.0649 e. The smallest absolute Gasteiger partial charge is 0.00880 e. The van der Waals surface area contributed by atoms with Crippen molar-refractivity contribution in [2.24, 2.45) is 17.8 Å². The molecule has 1 aromatic rings. The number of benzene rings is 1. The van der Waals surface area contributed by atoms with Gasteiger partial charge in [-0.05, 0) is 35.8 Å². The van der Waals surface area contributed by atoms with E-state index >= 15 is 0 Å². The maximum Gasteiger partial charge on any atom is 0.00880 e. The molecular weight excluding hydrogens is 204 g/mol. The zero-order valence-electron chi connectivity index (χ0n) is 11.1. The average molecular weight is 226 g/mol. The van der Waals surface area contributed by atoms with Crippen molar-refractivity contribution in [1.82, 2.24) is 0 Å². The Morgan fingerprint density at radius 2 is 1.65 bits per heavy atom. The van der Waals surface area contributed by atoms with Crippen LogP contribution in [-0.2, 0) is 0 Å². The highest BCUT2D eigenvalue weighted by molar-refractivity contribution is 5.66. The van der Waals surface area contributed by atoms with E-state index in [4.69, 9.17) is 0 Å². The summed E-state index contributed by atoms with van der Waals surface area (Å²) in [6.07, 6.45) is 5.23. The SMILES string of the molecule is CC1=Cc2ccccc2C1C1C(C)CCC1C. The molecule has 3 rings (SSSR count). The third kappa shape index (κ3) is 1.66. The molecule has 0 heterocycles. The molecule has 2 aliphatic rings. The first kappa shape index (κ1) is 11.1. The van der Waals surface area contributed by atoms with Crippen LogP contribution in [0.5, 0.6) is 0 Å². The zero-order chi connectivity index (χ0) is 12.0. The van der Waals surface area contributed by atoms with Gasteiger partial charge in [0, 0.05) is 5.92 Å². The molecule has 1 fully saturated rings. The van der Waals surface area contributed by atoms with Crippen LogP contribution in [0.25, 0.3) is 6.08 Å². The van der Waals surface area contributed by atoms with E-state index in [0.29, 0.717) is 5.92 Å². The molecule has 0 spiro atoms. The van der Waals surface area contributed by atoms with E-state index in [-0.39, 0.29) is 0 Å². The molecule has 17 heavy (non-hydrogen) atoms. The highest BCUT2D eigenvalue weighted by Gasteiger charge is 2.39. The van der Waals surface area contributed by atoms with E-state index in [1.165, 1.54) is 18.4 Å². The molecule has 0 radical (unpaired) electrons. The predicted octanol–water partition coefficient (Wildman–Crippen LogP) is 4.87. The Morgan fingerprint density at radius 3 is 2.35 bits per heavy atom. The van der Waals surface area contributed by atoms with Gasteiger partial charge in [0.1, 0.15) is 0 Å². The molecule has 90 valence electrons. The third-order valence-corrected chi connectivity index (χ3v) is 4.98. The Morgan fingerprint density at radius 1 is 1.00 bits per heavy atom. The fourth-order valence-corrected chi connectivity index (χ4v) is 4.15. The summed E-state index contributed by atoms with van der Waals surface area (Å²) >= 11 is 0. The highest BCUT2D eigenvalue weighted by atomic mass is 14.4. The molecular formula is C17H22. The Balaban J connectivity index is 2.02. The van der Waals surface area contributed by atoms with Gasteiger partial charge in [0.15, 0.2) is 0 Å². The fraction of sp³-hybridized carbons (Fsp3) is 0.529. The van der Waals surface area contributed by atoms with Crippen molar-refractivity contribution >= 4 is 6.08 Å². The van der Waals surface area contributed by atoms with Crippen molar-refractivity contribution in [3.8, 4) is 0 Å². The maximum absolute atomic E-state index is 2.45. The maximum atomic E-state index is 2.45. The lowest BCUT2D eigenvalue weighted by Gasteiger charge is -2.29. The van der Waals surface area contributed by atoms with Gasteiger partial charge in [-0.15, -0.1) is 0 Å². The highest BCUT2D eigenvalue weighted by Crippen LogP contribution is 2.51. The summed E-state index contributed by atoms with van der Waals surface area (Å²) in [5.41, 5.74) is 4.62. The van der Waals surface area contributed by atoms with Gasteiger partial charge in [0.2, 0.25) is 0 Å². The lowest BCUT2D eigenvalue weighted by Crippen LogP contribution is -2.20. The lowest BCUT2D eigenvalue weighted by atomic mass is 9.75. The first-order valence-corrected chi connectivity index (χ1v) is 6.95. The third-order valence-electron chi connectivity index (χ3n) is 4.98. The fourth-order valence-electron chi connectivity index (χ4n) is 4.15. The lowest BCUT2D eigenvalue weighted by molar-refractivity contribution is 0.309. The van der Waals surface area contributed by atoms with E-state index in [0.717, 1.165) is 17.8 Å². The van der Waals surface area contributed by atoms with E-state index in [1.54, 1.807) is 11.1 Å². The van der Waals surface area contributed by atoms with E-state index in [9.17, 15) is 0 Å². The van der Waals surface area contributed by atoms with Gasteiger partial charge in [-0.3, -0.25) is 0 Å². The molecule has 0 aromatic heterocycles. The standard InChI is InChI=1S/C17H22/c1-11-8-9-12(2)16(11)17-13(3)10-14-6-4-5-7-15(14)17/h4-7,10-12,16-17H,8-9H2,1-3H3. The molecule has 0 heteroatoms. The number of fused-ring (bicyclic) bond motifs is 1. The molecule has 0 saturated heterocycles. The van der Waals surface area contributed by atoms with Gasteiger partial charge in [-0.1, -0.05) is 62.6 Å². The van der Waals surface area contributed by atoms with Crippen LogP contribution < -0.4 is 0 Å². The van der Waals surface area contributed by atoms with Crippen LogP contribution in [0, 0.1) is 17.8 Å². The Hall–Kier alpha value is -1.04. The molecule has 0 nitrogen and oxygen atoms in total. The van der Waals surface area contributed by atoms with Crippen molar-refractivity contribution in [3.05, 3.63) is 41.0 Å². The Bertz CT molecular complexity index is 445. The van der Waals surface area contributed by atoms with Crippen molar-refractivity contribution < 1.29 is 0 Å². The molecule has 3 unspecified atom stereocenters. The Kier molecular flexibility index (Phi) is 2.61. The molecule has 3 atom stereocenters.